The molecule has 7 heteroatoms. The molecule has 0 heterocycles. The van der Waals surface area contributed by atoms with Gasteiger partial charge in [-0.2, -0.15) is 13.2 Å². The third-order valence-corrected chi connectivity index (χ3v) is 4.12. The number of amides is 2. The Morgan fingerprint density at radius 2 is 2.04 bits per heavy atom. The van der Waals surface area contributed by atoms with Crippen molar-refractivity contribution >= 4 is 11.7 Å². The molecule has 1 aliphatic rings. The molecule has 0 bridgehead atoms. The fourth-order valence-electron chi connectivity index (χ4n) is 2.89. The quantitative estimate of drug-likeness (QED) is 0.889. The number of aliphatic hydroxyl groups is 1. The highest BCUT2D eigenvalue weighted by atomic mass is 19.4. The Labute approximate surface area is 133 Å². The zero-order valence-corrected chi connectivity index (χ0v) is 12.9. The molecule has 2 amide bonds. The Bertz CT molecular complexity index is 548. The second-order valence-electron chi connectivity index (χ2n) is 6.02. The van der Waals surface area contributed by atoms with Crippen molar-refractivity contribution < 1.29 is 23.1 Å². The first-order valence-corrected chi connectivity index (χ1v) is 7.61. The van der Waals surface area contributed by atoms with Crippen LogP contribution in [0.4, 0.5) is 23.7 Å². The average Bonchev–Trinajstić information content (AvgIpc) is 2.85. The molecule has 2 N–H and O–H groups in total. The highest BCUT2D eigenvalue weighted by Gasteiger charge is 2.30. The van der Waals surface area contributed by atoms with Crippen molar-refractivity contribution in [2.24, 2.45) is 5.92 Å². The lowest BCUT2D eigenvalue weighted by Gasteiger charge is -2.24. The number of hydrogen-bond donors (Lipinski definition) is 2. The molecule has 2 atom stereocenters. The first-order valence-electron chi connectivity index (χ1n) is 7.61. The molecule has 0 spiro atoms. The summed E-state index contributed by atoms with van der Waals surface area (Å²) < 4.78 is 37.7. The van der Waals surface area contributed by atoms with Crippen molar-refractivity contribution in [1.29, 1.82) is 0 Å². The predicted molar refractivity (Wildman–Crippen MR) is 81.2 cm³/mol. The number of nitrogens with zero attached hydrogens (tertiary/aromatic N) is 1. The molecule has 2 rings (SSSR count). The number of carbonyl (C=O) groups excluding carboxylic acids is 1. The van der Waals surface area contributed by atoms with E-state index in [2.05, 4.69) is 5.32 Å². The van der Waals surface area contributed by atoms with Crippen molar-refractivity contribution in [2.75, 3.05) is 18.9 Å². The summed E-state index contributed by atoms with van der Waals surface area (Å²) in [5.74, 6) is 0.0242. The number of anilines is 1. The Morgan fingerprint density at radius 1 is 1.35 bits per heavy atom. The van der Waals surface area contributed by atoms with Crippen LogP contribution in [0.5, 0.6) is 0 Å². The number of benzene rings is 1. The lowest BCUT2D eigenvalue weighted by atomic mass is 10.1. The summed E-state index contributed by atoms with van der Waals surface area (Å²) in [6.45, 7) is 0.383. The van der Waals surface area contributed by atoms with E-state index in [1.807, 2.05) is 0 Å². The fourth-order valence-corrected chi connectivity index (χ4v) is 2.89. The van der Waals surface area contributed by atoms with Crippen LogP contribution in [0.1, 0.15) is 24.8 Å². The lowest BCUT2D eigenvalue weighted by molar-refractivity contribution is -0.127. The van der Waals surface area contributed by atoms with Gasteiger partial charge in [-0.3, -0.25) is 0 Å². The standard InChI is InChI=1S/C16H21F3N2O2/c1-21(10-12-6-4-8-14(12)22)15(23)20-13-7-3-2-5-11(13)9-16(17,18)19/h2-3,5,7,12,14,22H,4,6,8-10H2,1H3,(H,20,23). The Balaban J connectivity index is 1.99. The first kappa shape index (κ1) is 17.6. The molecule has 4 nitrogen and oxygen atoms in total. The van der Waals surface area contributed by atoms with Crippen LogP contribution in [0.2, 0.25) is 0 Å². The summed E-state index contributed by atoms with van der Waals surface area (Å²) in [5, 5.41) is 12.3. The maximum absolute atomic E-state index is 12.6. The third kappa shape index (κ3) is 5.13. The minimum Gasteiger partial charge on any atom is -0.393 e. The number of rotatable bonds is 4. The number of hydrogen-bond acceptors (Lipinski definition) is 2. The van der Waals surface area contributed by atoms with Crippen LogP contribution < -0.4 is 5.32 Å². The van der Waals surface area contributed by atoms with E-state index < -0.39 is 24.7 Å². The van der Waals surface area contributed by atoms with Gasteiger partial charge in [0.15, 0.2) is 0 Å². The molecular formula is C16H21F3N2O2. The van der Waals surface area contributed by atoms with Crippen LogP contribution in [0.15, 0.2) is 24.3 Å². The molecule has 23 heavy (non-hydrogen) atoms. The molecule has 2 unspecified atom stereocenters. The van der Waals surface area contributed by atoms with Gasteiger partial charge in [-0.1, -0.05) is 24.6 Å². The number of urea groups is 1. The van der Waals surface area contributed by atoms with Crippen molar-refractivity contribution in [3.8, 4) is 0 Å². The minimum absolute atomic E-state index is 0.0242. The van der Waals surface area contributed by atoms with Crippen molar-refractivity contribution in [1.82, 2.24) is 4.90 Å². The van der Waals surface area contributed by atoms with Crippen molar-refractivity contribution in [2.45, 2.75) is 38.0 Å². The maximum Gasteiger partial charge on any atom is 0.393 e. The Kier molecular flexibility index (Phi) is 5.51. The SMILES string of the molecule is CN(CC1CCCC1O)C(=O)Nc1ccccc1CC(F)(F)F. The zero-order chi connectivity index (χ0) is 17.0. The second-order valence-corrected chi connectivity index (χ2v) is 6.02. The van der Waals surface area contributed by atoms with Crippen LogP contribution in [0.25, 0.3) is 0 Å². The Hall–Kier alpha value is -1.76. The molecule has 1 saturated carbocycles. The van der Waals surface area contributed by atoms with Gasteiger partial charge < -0.3 is 15.3 Å². The first-order chi connectivity index (χ1) is 10.8. The second kappa shape index (κ2) is 7.21. The zero-order valence-electron chi connectivity index (χ0n) is 12.9. The van der Waals surface area contributed by atoms with Gasteiger partial charge in [0.1, 0.15) is 0 Å². The van der Waals surface area contributed by atoms with Crippen LogP contribution in [-0.4, -0.2) is 41.9 Å². The number of aliphatic hydroxyl groups excluding tert-OH is 1. The van der Waals surface area contributed by atoms with Crippen molar-refractivity contribution in [3.63, 3.8) is 0 Å². The van der Waals surface area contributed by atoms with Crippen LogP contribution in [-0.2, 0) is 6.42 Å². The van der Waals surface area contributed by atoms with E-state index >= 15 is 0 Å². The summed E-state index contributed by atoms with van der Waals surface area (Å²) in [4.78, 5) is 13.6. The molecule has 0 aromatic heterocycles. The Morgan fingerprint density at radius 3 is 2.65 bits per heavy atom. The van der Waals surface area contributed by atoms with Gasteiger partial charge >= 0.3 is 12.2 Å². The summed E-state index contributed by atoms with van der Waals surface area (Å²) in [6.07, 6.45) is -3.33. The van der Waals surface area contributed by atoms with Crippen molar-refractivity contribution in [3.05, 3.63) is 29.8 Å². The summed E-state index contributed by atoms with van der Waals surface area (Å²) in [5.41, 5.74) is 0.191. The molecule has 1 aliphatic carbocycles. The van der Waals surface area contributed by atoms with Gasteiger partial charge in [-0.05, 0) is 24.5 Å². The highest BCUT2D eigenvalue weighted by molar-refractivity contribution is 5.90. The number of nitrogens with one attached hydrogen (secondary N) is 1. The molecule has 0 saturated heterocycles. The van der Waals surface area contributed by atoms with Crippen LogP contribution in [0, 0.1) is 5.92 Å². The van der Waals surface area contributed by atoms with Gasteiger partial charge in [0.2, 0.25) is 0 Å². The number of alkyl halides is 3. The third-order valence-electron chi connectivity index (χ3n) is 4.12. The molecule has 128 valence electrons. The number of para-hydroxylation sites is 1. The smallest absolute Gasteiger partial charge is 0.393 e. The van der Waals surface area contributed by atoms with Gasteiger partial charge in [0.05, 0.1) is 12.5 Å². The van der Waals surface area contributed by atoms with E-state index in [1.165, 1.54) is 23.1 Å². The molecule has 1 aromatic carbocycles. The van der Waals surface area contributed by atoms with E-state index in [4.69, 9.17) is 0 Å². The topological polar surface area (TPSA) is 52.6 Å². The van der Waals surface area contributed by atoms with Crippen LogP contribution >= 0.6 is 0 Å². The highest BCUT2D eigenvalue weighted by Crippen LogP contribution is 2.27. The minimum atomic E-state index is -4.33. The van der Waals surface area contributed by atoms with E-state index in [0.717, 1.165) is 19.3 Å². The monoisotopic (exact) mass is 330 g/mol. The van der Waals surface area contributed by atoms with Crippen LogP contribution in [0.3, 0.4) is 0 Å². The van der Waals surface area contributed by atoms with Gasteiger partial charge in [0.25, 0.3) is 0 Å². The van der Waals surface area contributed by atoms with E-state index in [9.17, 15) is 23.1 Å². The average molecular weight is 330 g/mol. The normalized spacial score (nSPS) is 21.3. The molecule has 0 aliphatic heterocycles. The summed E-state index contributed by atoms with van der Waals surface area (Å²) >= 11 is 0. The molecule has 0 radical (unpaired) electrons. The maximum atomic E-state index is 12.6. The largest absolute Gasteiger partial charge is 0.393 e. The van der Waals surface area contributed by atoms with Gasteiger partial charge in [-0.25, -0.2) is 4.79 Å². The molecule has 1 fully saturated rings. The lowest BCUT2D eigenvalue weighted by Crippen LogP contribution is -2.37. The van der Waals surface area contributed by atoms with Gasteiger partial charge in [-0.15, -0.1) is 0 Å². The number of carbonyl (C=O) groups is 1. The molecule has 1 aromatic rings. The molecular weight excluding hydrogens is 309 g/mol. The van der Waals surface area contributed by atoms with E-state index in [-0.39, 0.29) is 17.2 Å². The summed E-state index contributed by atoms with van der Waals surface area (Å²) in [6, 6.07) is 5.42. The predicted octanol–water partition coefficient (Wildman–Crippen LogP) is 3.42. The number of halogens is 3. The fraction of sp³-hybridized carbons (Fsp3) is 0.562. The summed E-state index contributed by atoms with van der Waals surface area (Å²) in [7, 11) is 1.58. The van der Waals surface area contributed by atoms with E-state index in [1.54, 1.807) is 13.1 Å². The van der Waals surface area contributed by atoms with Gasteiger partial charge in [0, 0.05) is 25.2 Å². The van der Waals surface area contributed by atoms with E-state index in [0.29, 0.717) is 6.54 Å².